The van der Waals surface area contributed by atoms with E-state index in [4.69, 9.17) is 0 Å². The van der Waals surface area contributed by atoms with Gasteiger partial charge in [0.15, 0.2) is 0 Å². The second-order valence-electron chi connectivity index (χ2n) is 5.23. The Hall–Kier alpha value is -2.74. The van der Waals surface area contributed by atoms with E-state index in [0.29, 0.717) is 0 Å². The molecule has 0 N–H and O–H groups in total. The van der Waals surface area contributed by atoms with E-state index in [2.05, 4.69) is 59.4 Å². The monoisotopic (exact) mass is 270 g/mol. The number of rotatable bonds is 1. The maximum absolute atomic E-state index is 4.57. The molecule has 0 amide bonds. The van der Waals surface area contributed by atoms with Crippen LogP contribution in [0.25, 0.3) is 32.8 Å². The van der Waals surface area contributed by atoms with E-state index < -0.39 is 0 Å². The van der Waals surface area contributed by atoms with Gasteiger partial charge in [-0.25, -0.2) is 0 Å². The third kappa shape index (κ3) is 1.88. The van der Waals surface area contributed by atoms with Gasteiger partial charge in [-0.1, -0.05) is 36.4 Å². The Bertz CT molecular complexity index is 952. The number of benzene rings is 2. The van der Waals surface area contributed by atoms with Gasteiger partial charge in [0.05, 0.1) is 5.52 Å². The molecule has 21 heavy (non-hydrogen) atoms. The smallest absolute Gasteiger partial charge is 0.0780 e. The highest BCUT2D eigenvalue weighted by atomic mass is 14.7. The van der Waals surface area contributed by atoms with Gasteiger partial charge in [0.25, 0.3) is 0 Å². The normalized spacial score (nSPS) is 11.1. The predicted octanol–water partition coefficient (Wildman–Crippen LogP) is 4.76. The highest BCUT2D eigenvalue weighted by molar-refractivity contribution is 6.04. The fourth-order valence-corrected chi connectivity index (χ4v) is 2.89. The Labute approximate surface area is 123 Å². The van der Waals surface area contributed by atoms with Crippen molar-refractivity contribution in [3.63, 3.8) is 0 Å². The Kier molecular flexibility index (Phi) is 2.68. The highest BCUT2D eigenvalue weighted by Gasteiger charge is 2.09. The Morgan fingerprint density at radius 3 is 2.62 bits per heavy atom. The SMILES string of the molecule is Cc1ccc(-c2cccc3cccnc23)c2ccncc12. The number of pyridine rings is 2. The number of aryl methyl sites for hydroxylation is 1. The van der Waals surface area contributed by atoms with E-state index in [1.165, 1.54) is 27.5 Å². The van der Waals surface area contributed by atoms with Gasteiger partial charge < -0.3 is 0 Å². The van der Waals surface area contributed by atoms with Gasteiger partial charge >= 0.3 is 0 Å². The third-order valence-corrected chi connectivity index (χ3v) is 3.96. The maximum Gasteiger partial charge on any atom is 0.0780 e. The molecule has 2 aromatic heterocycles. The molecule has 0 bridgehead atoms. The minimum absolute atomic E-state index is 1.04. The Morgan fingerprint density at radius 2 is 1.67 bits per heavy atom. The molecule has 0 saturated heterocycles. The molecule has 0 spiro atoms. The number of para-hydroxylation sites is 1. The maximum atomic E-state index is 4.57. The fraction of sp³-hybridized carbons (Fsp3) is 0.0526. The van der Waals surface area contributed by atoms with E-state index in [9.17, 15) is 0 Å². The summed E-state index contributed by atoms with van der Waals surface area (Å²) in [5.41, 5.74) is 4.67. The van der Waals surface area contributed by atoms with E-state index in [1.54, 1.807) is 0 Å². The standard InChI is InChI=1S/C19H14N2/c1-13-7-8-15(16-9-11-20-12-18(13)16)17-6-2-4-14-5-3-10-21-19(14)17/h2-12H,1H3. The Morgan fingerprint density at radius 1 is 0.762 bits per heavy atom. The molecule has 0 aliphatic carbocycles. The average Bonchev–Trinajstić information content (AvgIpc) is 2.55. The summed E-state index contributed by atoms with van der Waals surface area (Å²) in [4.78, 5) is 8.83. The third-order valence-electron chi connectivity index (χ3n) is 3.96. The molecule has 2 heterocycles. The van der Waals surface area contributed by atoms with Crippen LogP contribution in [-0.2, 0) is 0 Å². The molecule has 0 radical (unpaired) electrons. The van der Waals surface area contributed by atoms with Gasteiger partial charge in [-0.05, 0) is 35.6 Å². The van der Waals surface area contributed by atoms with E-state index in [1.807, 2.05) is 24.7 Å². The van der Waals surface area contributed by atoms with Crippen LogP contribution in [0, 0.1) is 6.92 Å². The van der Waals surface area contributed by atoms with Crippen LogP contribution < -0.4 is 0 Å². The second kappa shape index (κ2) is 4.67. The van der Waals surface area contributed by atoms with Crippen LogP contribution in [-0.4, -0.2) is 9.97 Å². The first-order valence-corrected chi connectivity index (χ1v) is 7.02. The molecule has 2 nitrogen and oxygen atoms in total. The van der Waals surface area contributed by atoms with Crippen molar-refractivity contribution in [2.24, 2.45) is 0 Å². The van der Waals surface area contributed by atoms with Crippen molar-refractivity contribution in [2.75, 3.05) is 0 Å². The molecule has 0 atom stereocenters. The quantitative estimate of drug-likeness (QED) is 0.498. The van der Waals surface area contributed by atoms with E-state index in [-0.39, 0.29) is 0 Å². The summed E-state index contributed by atoms with van der Waals surface area (Å²) in [6.07, 6.45) is 5.64. The minimum Gasteiger partial charge on any atom is -0.264 e. The van der Waals surface area contributed by atoms with Crippen LogP contribution >= 0.6 is 0 Å². The van der Waals surface area contributed by atoms with Crippen LogP contribution in [0.3, 0.4) is 0 Å². The zero-order chi connectivity index (χ0) is 14.2. The van der Waals surface area contributed by atoms with Crippen LogP contribution in [0.4, 0.5) is 0 Å². The molecule has 0 aliphatic rings. The van der Waals surface area contributed by atoms with Crippen molar-refractivity contribution in [1.82, 2.24) is 9.97 Å². The first-order valence-electron chi connectivity index (χ1n) is 7.02. The van der Waals surface area contributed by atoms with Gasteiger partial charge in [0.2, 0.25) is 0 Å². The zero-order valence-corrected chi connectivity index (χ0v) is 11.7. The van der Waals surface area contributed by atoms with Crippen LogP contribution in [0.2, 0.25) is 0 Å². The van der Waals surface area contributed by atoms with Crippen molar-refractivity contribution in [3.05, 3.63) is 72.7 Å². The van der Waals surface area contributed by atoms with Crippen molar-refractivity contribution in [2.45, 2.75) is 6.92 Å². The lowest BCUT2D eigenvalue weighted by atomic mass is 9.95. The van der Waals surface area contributed by atoms with Crippen LogP contribution in [0.15, 0.2) is 67.1 Å². The topological polar surface area (TPSA) is 25.8 Å². The van der Waals surface area contributed by atoms with Crippen molar-refractivity contribution in [3.8, 4) is 11.1 Å². The number of hydrogen-bond donors (Lipinski definition) is 0. The lowest BCUT2D eigenvalue weighted by Gasteiger charge is -2.10. The highest BCUT2D eigenvalue weighted by Crippen LogP contribution is 2.33. The van der Waals surface area contributed by atoms with Crippen molar-refractivity contribution in [1.29, 1.82) is 0 Å². The summed E-state index contributed by atoms with van der Waals surface area (Å²) in [6.45, 7) is 2.12. The Balaban J connectivity index is 2.13. The summed E-state index contributed by atoms with van der Waals surface area (Å²) in [5.74, 6) is 0. The molecular formula is C19H14N2. The zero-order valence-electron chi connectivity index (χ0n) is 11.7. The molecule has 100 valence electrons. The van der Waals surface area contributed by atoms with Crippen molar-refractivity contribution < 1.29 is 0 Å². The summed E-state index contributed by atoms with van der Waals surface area (Å²) < 4.78 is 0. The molecule has 4 rings (SSSR count). The molecule has 2 heteroatoms. The van der Waals surface area contributed by atoms with Crippen LogP contribution in [0.1, 0.15) is 5.56 Å². The van der Waals surface area contributed by atoms with Gasteiger partial charge in [0, 0.05) is 34.9 Å². The summed E-state index contributed by atoms with van der Waals surface area (Å²) in [7, 11) is 0. The predicted molar refractivity (Wildman–Crippen MR) is 87.2 cm³/mol. The largest absolute Gasteiger partial charge is 0.264 e. The lowest BCUT2D eigenvalue weighted by molar-refractivity contribution is 1.35. The molecule has 0 aliphatic heterocycles. The number of aromatic nitrogens is 2. The summed E-state index contributed by atoms with van der Waals surface area (Å²) in [5, 5.41) is 3.59. The first-order chi connectivity index (χ1) is 10.3. The van der Waals surface area contributed by atoms with Gasteiger partial charge in [-0.3, -0.25) is 9.97 Å². The van der Waals surface area contributed by atoms with Gasteiger partial charge in [-0.2, -0.15) is 0 Å². The van der Waals surface area contributed by atoms with Gasteiger partial charge in [0.1, 0.15) is 0 Å². The molecule has 0 unspecified atom stereocenters. The van der Waals surface area contributed by atoms with E-state index >= 15 is 0 Å². The summed E-state index contributed by atoms with van der Waals surface area (Å²) >= 11 is 0. The second-order valence-corrected chi connectivity index (χ2v) is 5.23. The molecule has 4 aromatic rings. The average molecular weight is 270 g/mol. The summed E-state index contributed by atoms with van der Waals surface area (Å²) in [6, 6.07) is 16.8. The molecular weight excluding hydrogens is 256 g/mol. The van der Waals surface area contributed by atoms with Crippen molar-refractivity contribution >= 4 is 21.7 Å². The molecule has 0 fully saturated rings. The first kappa shape index (κ1) is 12.0. The lowest BCUT2D eigenvalue weighted by Crippen LogP contribution is -1.88. The molecule has 0 saturated carbocycles. The number of hydrogen-bond acceptors (Lipinski definition) is 2. The minimum atomic E-state index is 1.04. The number of nitrogens with zero attached hydrogens (tertiary/aromatic N) is 2. The van der Waals surface area contributed by atoms with Gasteiger partial charge in [-0.15, -0.1) is 0 Å². The van der Waals surface area contributed by atoms with E-state index in [0.717, 1.165) is 10.9 Å². The fourth-order valence-electron chi connectivity index (χ4n) is 2.89. The number of fused-ring (bicyclic) bond motifs is 2. The molecule has 2 aromatic carbocycles. The van der Waals surface area contributed by atoms with Crippen LogP contribution in [0.5, 0.6) is 0 Å².